The molecule has 2 aliphatic rings. The van der Waals surface area contributed by atoms with Crippen LogP contribution in [0.3, 0.4) is 0 Å². The maximum absolute atomic E-state index is 3.55. The summed E-state index contributed by atoms with van der Waals surface area (Å²) in [5.41, 5.74) is 0. The molecule has 0 aromatic rings. The average molecular weight is 224 g/mol. The van der Waals surface area contributed by atoms with E-state index in [1.165, 1.54) is 58.2 Å². The van der Waals surface area contributed by atoms with E-state index in [0.717, 1.165) is 12.0 Å². The first-order valence-corrected chi connectivity index (χ1v) is 7.25. The molecule has 2 fully saturated rings. The predicted octanol–water partition coefficient (Wildman–Crippen LogP) is 2.64. The number of nitrogens with one attached hydrogen (secondary N) is 1. The highest BCUT2D eigenvalue weighted by atomic mass is 15.2. The van der Waals surface area contributed by atoms with E-state index in [1.54, 1.807) is 0 Å². The molecule has 16 heavy (non-hydrogen) atoms. The van der Waals surface area contributed by atoms with Crippen molar-refractivity contribution in [1.29, 1.82) is 0 Å². The van der Waals surface area contributed by atoms with Crippen LogP contribution in [0.2, 0.25) is 0 Å². The molecule has 1 aliphatic heterocycles. The Bertz CT molecular complexity index is 201. The highest BCUT2D eigenvalue weighted by molar-refractivity contribution is 4.87. The Labute approximate surface area is 101 Å². The van der Waals surface area contributed by atoms with Crippen molar-refractivity contribution in [2.45, 2.75) is 64.5 Å². The summed E-state index contributed by atoms with van der Waals surface area (Å²) < 4.78 is 0. The number of piperidine rings is 1. The second-order valence-corrected chi connectivity index (χ2v) is 5.90. The fraction of sp³-hybridized carbons (Fsp3) is 1.00. The number of rotatable bonds is 4. The fourth-order valence-corrected chi connectivity index (χ4v) is 3.50. The molecule has 2 rings (SSSR count). The minimum absolute atomic E-state index is 0.631. The van der Waals surface area contributed by atoms with Gasteiger partial charge in [0.25, 0.3) is 0 Å². The van der Waals surface area contributed by atoms with Crippen LogP contribution in [-0.4, -0.2) is 36.6 Å². The molecule has 1 heterocycles. The lowest BCUT2D eigenvalue weighted by atomic mass is 9.78. The van der Waals surface area contributed by atoms with Crippen LogP contribution in [0.1, 0.15) is 52.4 Å². The monoisotopic (exact) mass is 224 g/mol. The fourth-order valence-electron chi connectivity index (χ4n) is 3.50. The molecule has 0 bridgehead atoms. The summed E-state index contributed by atoms with van der Waals surface area (Å²) in [6.45, 7) is 8.25. The van der Waals surface area contributed by atoms with E-state index < -0.39 is 0 Å². The quantitative estimate of drug-likeness (QED) is 0.790. The van der Waals surface area contributed by atoms with Crippen LogP contribution in [-0.2, 0) is 0 Å². The summed E-state index contributed by atoms with van der Waals surface area (Å²) in [5, 5.41) is 3.55. The maximum atomic E-state index is 3.55. The maximum Gasteiger partial charge on any atom is 0.0124 e. The lowest BCUT2D eigenvalue weighted by Crippen LogP contribution is -2.49. The van der Waals surface area contributed by atoms with Crippen molar-refractivity contribution in [3.05, 3.63) is 0 Å². The second kappa shape index (κ2) is 6.02. The largest absolute Gasteiger partial charge is 0.313 e. The summed E-state index contributed by atoms with van der Waals surface area (Å²) in [6.07, 6.45) is 8.85. The smallest absolute Gasteiger partial charge is 0.0124 e. The van der Waals surface area contributed by atoms with Crippen LogP contribution in [0.25, 0.3) is 0 Å². The van der Waals surface area contributed by atoms with Gasteiger partial charge in [0.2, 0.25) is 0 Å². The molecular formula is C14H28N2. The topological polar surface area (TPSA) is 15.3 Å². The molecule has 1 saturated heterocycles. The van der Waals surface area contributed by atoms with Crippen molar-refractivity contribution in [3.63, 3.8) is 0 Å². The zero-order valence-corrected chi connectivity index (χ0v) is 11.0. The van der Waals surface area contributed by atoms with Crippen LogP contribution >= 0.6 is 0 Å². The van der Waals surface area contributed by atoms with Gasteiger partial charge in [-0.05, 0) is 38.1 Å². The van der Waals surface area contributed by atoms with Gasteiger partial charge in [0, 0.05) is 25.2 Å². The van der Waals surface area contributed by atoms with Crippen LogP contribution in [0.15, 0.2) is 0 Å². The van der Waals surface area contributed by atoms with E-state index in [4.69, 9.17) is 0 Å². The van der Waals surface area contributed by atoms with Gasteiger partial charge in [0.15, 0.2) is 0 Å². The van der Waals surface area contributed by atoms with Crippen molar-refractivity contribution in [2.24, 2.45) is 5.92 Å². The Balaban J connectivity index is 1.78. The molecule has 0 aromatic heterocycles. The van der Waals surface area contributed by atoms with Gasteiger partial charge in [0.05, 0.1) is 0 Å². The van der Waals surface area contributed by atoms with Gasteiger partial charge < -0.3 is 5.32 Å². The van der Waals surface area contributed by atoms with E-state index in [9.17, 15) is 0 Å². The Morgan fingerprint density at radius 3 is 2.69 bits per heavy atom. The highest BCUT2D eigenvalue weighted by Gasteiger charge is 2.32. The van der Waals surface area contributed by atoms with Crippen LogP contribution in [0.5, 0.6) is 0 Å². The molecule has 0 aromatic carbocycles. The van der Waals surface area contributed by atoms with Crippen molar-refractivity contribution in [1.82, 2.24) is 10.2 Å². The van der Waals surface area contributed by atoms with Gasteiger partial charge >= 0.3 is 0 Å². The molecule has 2 atom stereocenters. The number of hydrogen-bond donors (Lipinski definition) is 1. The molecule has 0 unspecified atom stereocenters. The van der Waals surface area contributed by atoms with Crippen molar-refractivity contribution in [2.75, 3.05) is 19.6 Å². The third kappa shape index (κ3) is 3.21. The molecule has 94 valence electrons. The summed E-state index contributed by atoms with van der Waals surface area (Å²) in [5.74, 6) is 1.03. The Hall–Kier alpha value is -0.0800. The molecule has 2 nitrogen and oxygen atoms in total. The first-order valence-electron chi connectivity index (χ1n) is 7.25. The lowest BCUT2D eigenvalue weighted by molar-refractivity contribution is 0.0615. The Morgan fingerprint density at radius 1 is 1.12 bits per heavy atom. The highest BCUT2D eigenvalue weighted by Crippen LogP contribution is 2.34. The molecule has 0 spiro atoms. The van der Waals surface area contributed by atoms with E-state index in [2.05, 4.69) is 24.1 Å². The Kier molecular flexibility index (Phi) is 4.66. The normalized spacial score (nSPS) is 31.7. The number of fused-ring (bicyclic) bond motifs is 1. The van der Waals surface area contributed by atoms with Crippen LogP contribution in [0, 0.1) is 5.92 Å². The van der Waals surface area contributed by atoms with E-state index in [-0.39, 0.29) is 0 Å². The van der Waals surface area contributed by atoms with E-state index in [0.29, 0.717) is 6.04 Å². The predicted molar refractivity (Wildman–Crippen MR) is 69.7 cm³/mol. The van der Waals surface area contributed by atoms with Gasteiger partial charge in [0.1, 0.15) is 0 Å². The standard InChI is InChI=1S/C14H28N2/c1-12(2)15-9-11-16-10-5-7-13-6-3-4-8-14(13)16/h12-15H,3-11H2,1-2H3/t13-,14-/m1/s1. The van der Waals surface area contributed by atoms with Gasteiger partial charge in [-0.25, -0.2) is 0 Å². The number of hydrogen-bond acceptors (Lipinski definition) is 2. The van der Waals surface area contributed by atoms with Gasteiger partial charge in [-0.3, -0.25) is 4.90 Å². The summed E-state index contributed by atoms with van der Waals surface area (Å²) in [6, 6.07) is 1.56. The number of nitrogens with zero attached hydrogens (tertiary/aromatic N) is 1. The Morgan fingerprint density at radius 2 is 1.88 bits per heavy atom. The molecule has 0 amide bonds. The summed E-state index contributed by atoms with van der Waals surface area (Å²) in [4.78, 5) is 2.77. The molecule has 2 heteroatoms. The molecule has 0 radical (unpaired) electrons. The van der Waals surface area contributed by atoms with Crippen molar-refractivity contribution >= 4 is 0 Å². The minimum atomic E-state index is 0.631. The van der Waals surface area contributed by atoms with Crippen molar-refractivity contribution < 1.29 is 0 Å². The zero-order chi connectivity index (χ0) is 11.4. The molecule has 1 N–H and O–H groups in total. The third-order valence-electron chi connectivity index (χ3n) is 4.31. The van der Waals surface area contributed by atoms with Crippen LogP contribution in [0.4, 0.5) is 0 Å². The van der Waals surface area contributed by atoms with Gasteiger partial charge in [-0.1, -0.05) is 26.7 Å². The van der Waals surface area contributed by atoms with Crippen LogP contribution < -0.4 is 5.32 Å². The minimum Gasteiger partial charge on any atom is -0.313 e. The average Bonchev–Trinajstić information content (AvgIpc) is 2.29. The van der Waals surface area contributed by atoms with E-state index in [1.807, 2.05) is 0 Å². The summed E-state index contributed by atoms with van der Waals surface area (Å²) in [7, 11) is 0. The first-order chi connectivity index (χ1) is 7.77. The number of likely N-dealkylation sites (tertiary alicyclic amines) is 1. The lowest BCUT2D eigenvalue weighted by Gasteiger charge is -2.44. The van der Waals surface area contributed by atoms with Crippen molar-refractivity contribution in [3.8, 4) is 0 Å². The summed E-state index contributed by atoms with van der Waals surface area (Å²) >= 11 is 0. The second-order valence-electron chi connectivity index (χ2n) is 5.90. The van der Waals surface area contributed by atoms with Gasteiger partial charge in [-0.15, -0.1) is 0 Å². The SMILES string of the molecule is CC(C)NCCN1CCC[C@H]2CCCC[C@H]21. The molecule has 1 saturated carbocycles. The van der Waals surface area contributed by atoms with Gasteiger partial charge in [-0.2, -0.15) is 0 Å². The molecule has 1 aliphatic carbocycles. The third-order valence-corrected chi connectivity index (χ3v) is 4.31. The first kappa shape index (κ1) is 12.4. The zero-order valence-electron chi connectivity index (χ0n) is 11.0. The van der Waals surface area contributed by atoms with E-state index >= 15 is 0 Å². The molecular weight excluding hydrogens is 196 g/mol.